The molecule has 2 fully saturated rings. The van der Waals surface area contributed by atoms with Crippen LogP contribution in [0.2, 0.25) is 0 Å². The van der Waals surface area contributed by atoms with Gasteiger partial charge in [-0.3, -0.25) is 13.9 Å². The van der Waals surface area contributed by atoms with Crippen LogP contribution in [0.25, 0.3) is 11.0 Å². The third-order valence-electron chi connectivity index (χ3n) is 5.97. The van der Waals surface area contributed by atoms with Crippen LogP contribution in [0.1, 0.15) is 45.4 Å². The Morgan fingerprint density at radius 3 is 2.56 bits per heavy atom. The van der Waals surface area contributed by atoms with E-state index in [0.717, 1.165) is 36.7 Å². The number of rotatable bonds is 5. The van der Waals surface area contributed by atoms with Crippen LogP contribution >= 0.6 is 0 Å². The van der Waals surface area contributed by atoms with E-state index in [9.17, 15) is 9.59 Å². The Bertz CT molecular complexity index is 867. The van der Waals surface area contributed by atoms with Gasteiger partial charge in [0.25, 0.3) is 0 Å². The van der Waals surface area contributed by atoms with Gasteiger partial charge < -0.3 is 9.64 Å². The number of hydrogen-bond donors (Lipinski definition) is 0. The molecule has 0 radical (unpaired) electrons. The van der Waals surface area contributed by atoms with E-state index in [1.807, 2.05) is 33.7 Å². The van der Waals surface area contributed by atoms with Gasteiger partial charge in [0.1, 0.15) is 0 Å². The Labute approximate surface area is 159 Å². The minimum Gasteiger partial charge on any atom is -0.374 e. The van der Waals surface area contributed by atoms with Gasteiger partial charge in [0.2, 0.25) is 5.91 Å². The zero-order valence-electron chi connectivity index (χ0n) is 16.1. The molecule has 0 spiro atoms. The topological polar surface area (TPSA) is 56.5 Å². The molecule has 6 nitrogen and oxygen atoms in total. The molecule has 2 unspecified atom stereocenters. The number of para-hydroxylation sites is 2. The van der Waals surface area contributed by atoms with Crippen molar-refractivity contribution in [2.75, 3.05) is 13.2 Å². The second-order valence-corrected chi connectivity index (χ2v) is 7.67. The molecule has 2 aromatic rings. The number of carbonyl (C=O) groups excluding carboxylic acids is 1. The molecule has 4 rings (SSSR count). The zero-order valence-corrected chi connectivity index (χ0v) is 16.1. The number of ether oxygens (including phenoxy) is 1. The van der Waals surface area contributed by atoms with Gasteiger partial charge in [-0.25, -0.2) is 4.79 Å². The molecule has 27 heavy (non-hydrogen) atoms. The summed E-state index contributed by atoms with van der Waals surface area (Å²) in [4.78, 5) is 27.8. The molecule has 1 aromatic carbocycles. The Balaban J connectivity index is 1.52. The van der Waals surface area contributed by atoms with E-state index in [-0.39, 0.29) is 23.7 Å². The Morgan fingerprint density at radius 2 is 1.81 bits per heavy atom. The molecule has 1 aliphatic carbocycles. The molecule has 2 aliphatic rings. The first-order valence-corrected chi connectivity index (χ1v) is 10.3. The summed E-state index contributed by atoms with van der Waals surface area (Å²) in [6.45, 7) is 4.51. The summed E-state index contributed by atoms with van der Waals surface area (Å²) >= 11 is 0. The molecule has 1 aliphatic heterocycles. The fourth-order valence-corrected chi connectivity index (χ4v) is 4.69. The number of aromatic nitrogens is 2. The maximum atomic E-state index is 13.0. The van der Waals surface area contributed by atoms with E-state index in [2.05, 4.69) is 6.92 Å². The van der Waals surface area contributed by atoms with Crippen molar-refractivity contribution in [3.05, 3.63) is 34.7 Å². The second kappa shape index (κ2) is 7.89. The molecule has 6 heteroatoms. The molecule has 2 heterocycles. The molecule has 146 valence electrons. The van der Waals surface area contributed by atoms with Gasteiger partial charge in [0.05, 0.1) is 29.8 Å². The zero-order chi connectivity index (χ0) is 18.8. The maximum Gasteiger partial charge on any atom is 0.329 e. The normalized spacial score (nSPS) is 22.8. The van der Waals surface area contributed by atoms with E-state index < -0.39 is 0 Å². The lowest BCUT2D eigenvalue weighted by Crippen LogP contribution is -2.55. The number of imidazole rings is 1. The van der Waals surface area contributed by atoms with Crippen molar-refractivity contribution >= 4 is 16.9 Å². The number of amides is 1. The lowest BCUT2D eigenvalue weighted by Gasteiger charge is -2.43. The monoisotopic (exact) mass is 371 g/mol. The van der Waals surface area contributed by atoms with Crippen molar-refractivity contribution in [1.82, 2.24) is 14.0 Å². The average molecular weight is 371 g/mol. The Kier molecular flexibility index (Phi) is 5.34. The quantitative estimate of drug-likeness (QED) is 0.812. The molecule has 1 aromatic heterocycles. The molecule has 0 bridgehead atoms. The van der Waals surface area contributed by atoms with Gasteiger partial charge >= 0.3 is 5.69 Å². The molecular weight excluding hydrogens is 342 g/mol. The lowest BCUT2D eigenvalue weighted by molar-refractivity contribution is -0.149. The third kappa shape index (κ3) is 3.43. The third-order valence-corrected chi connectivity index (χ3v) is 5.97. The predicted octanol–water partition coefficient (Wildman–Crippen LogP) is 2.77. The van der Waals surface area contributed by atoms with Crippen molar-refractivity contribution in [3.8, 4) is 0 Å². The van der Waals surface area contributed by atoms with E-state index in [4.69, 9.17) is 4.74 Å². The van der Waals surface area contributed by atoms with Crippen molar-refractivity contribution < 1.29 is 9.53 Å². The number of nitrogens with zero attached hydrogens (tertiary/aromatic N) is 3. The van der Waals surface area contributed by atoms with E-state index in [1.165, 1.54) is 6.42 Å². The first-order valence-electron chi connectivity index (χ1n) is 10.3. The molecule has 1 saturated carbocycles. The largest absolute Gasteiger partial charge is 0.374 e. The van der Waals surface area contributed by atoms with Crippen LogP contribution in [0, 0.1) is 0 Å². The van der Waals surface area contributed by atoms with Crippen LogP contribution < -0.4 is 5.69 Å². The number of fused-ring (bicyclic) bond motifs is 2. The summed E-state index contributed by atoms with van der Waals surface area (Å²) in [5.74, 6) is 0.148. The van der Waals surface area contributed by atoms with Crippen LogP contribution in [0.4, 0.5) is 0 Å². The van der Waals surface area contributed by atoms with E-state index in [1.54, 1.807) is 4.57 Å². The highest BCUT2D eigenvalue weighted by molar-refractivity contribution is 5.78. The smallest absolute Gasteiger partial charge is 0.329 e. The van der Waals surface area contributed by atoms with Gasteiger partial charge in [-0.15, -0.1) is 0 Å². The highest BCUT2D eigenvalue weighted by atomic mass is 16.5. The fourth-order valence-electron chi connectivity index (χ4n) is 4.69. The van der Waals surface area contributed by atoms with Crippen LogP contribution in [0.15, 0.2) is 29.1 Å². The molecule has 0 N–H and O–H groups in total. The minimum atomic E-state index is -0.0108. The van der Waals surface area contributed by atoms with E-state index >= 15 is 0 Å². The van der Waals surface area contributed by atoms with E-state index in [0.29, 0.717) is 32.7 Å². The number of benzene rings is 1. The second-order valence-electron chi connectivity index (χ2n) is 7.67. The van der Waals surface area contributed by atoms with Gasteiger partial charge in [0.15, 0.2) is 0 Å². The minimum absolute atomic E-state index is 0.0108. The predicted molar refractivity (Wildman–Crippen MR) is 105 cm³/mol. The summed E-state index contributed by atoms with van der Waals surface area (Å²) in [5, 5.41) is 0. The number of morpholine rings is 1. The highest BCUT2D eigenvalue weighted by Crippen LogP contribution is 2.29. The van der Waals surface area contributed by atoms with Gasteiger partial charge in [0, 0.05) is 26.1 Å². The fraction of sp³-hybridized carbons (Fsp3) is 0.619. The van der Waals surface area contributed by atoms with Gasteiger partial charge in [-0.1, -0.05) is 31.9 Å². The summed E-state index contributed by atoms with van der Waals surface area (Å²) in [7, 11) is 0. The molecular formula is C21H29N3O3. The lowest BCUT2D eigenvalue weighted by atomic mass is 9.90. The van der Waals surface area contributed by atoms with Crippen LogP contribution in [-0.2, 0) is 22.6 Å². The van der Waals surface area contributed by atoms with Crippen LogP contribution in [-0.4, -0.2) is 45.2 Å². The highest BCUT2D eigenvalue weighted by Gasteiger charge is 2.36. The van der Waals surface area contributed by atoms with Crippen LogP contribution in [0.5, 0.6) is 0 Å². The van der Waals surface area contributed by atoms with Gasteiger partial charge in [-0.2, -0.15) is 0 Å². The molecule has 1 amide bonds. The molecule has 2 atom stereocenters. The maximum absolute atomic E-state index is 13.0. The summed E-state index contributed by atoms with van der Waals surface area (Å²) in [6, 6.07) is 8.09. The van der Waals surface area contributed by atoms with Gasteiger partial charge in [-0.05, 0) is 31.4 Å². The van der Waals surface area contributed by atoms with Crippen molar-refractivity contribution in [2.24, 2.45) is 0 Å². The van der Waals surface area contributed by atoms with Crippen molar-refractivity contribution in [3.63, 3.8) is 0 Å². The number of aryl methyl sites for hydroxylation is 2. The summed E-state index contributed by atoms with van der Waals surface area (Å²) in [6.07, 6.45) is 5.91. The first-order chi connectivity index (χ1) is 13.2. The van der Waals surface area contributed by atoms with Crippen molar-refractivity contribution in [1.29, 1.82) is 0 Å². The standard InChI is InChI=1S/C21H29N3O3/c1-2-12-23-16-7-3-4-8-17(16)24(21(23)26)13-11-20(25)22-14-15-27-19-10-6-5-9-18(19)22/h3-4,7-8,18-19H,2,5-6,9-15H2,1H3. The number of hydrogen-bond acceptors (Lipinski definition) is 3. The van der Waals surface area contributed by atoms with Crippen LogP contribution in [0.3, 0.4) is 0 Å². The average Bonchev–Trinajstić information content (AvgIpc) is 2.97. The van der Waals surface area contributed by atoms with Crippen molar-refractivity contribution in [2.45, 2.75) is 70.7 Å². The number of carbonyl (C=O) groups is 1. The molecule has 1 saturated heterocycles. The summed E-state index contributed by atoms with van der Waals surface area (Å²) in [5.41, 5.74) is 1.86. The Morgan fingerprint density at radius 1 is 1.11 bits per heavy atom. The first kappa shape index (κ1) is 18.3. The Hall–Kier alpha value is -2.08. The SMILES string of the molecule is CCCn1c(=O)n(CCC(=O)N2CCOC3CCCCC32)c2ccccc21. The summed E-state index contributed by atoms with van der Waals surface area (Å²) < 4.78 is 9.47.